The molecule has 2 rings (SSSR count). The third-order valence-corrected chi connectivity index (χ3v) is 3.51. The van der Waals surface area contributed by atoms with Crippen molar-refractivity contribution in [3.8, 4) is 0 Å². The maximum atomic E-state index is 2.52. The van der Waals surface area contributed by atoms with Crippen LogP contribution < -0.4 is 0 Å². The van der Waals surface area contributed by atoms with Crippen LogP contribution in [-0.2, 0) is 6.54 Å². The van der Waals surface area contributed by atoms with E-state index in [-0.39, 0.29) is 0 Å². The Morgan fingerprint density at radius 1 is 1.57 bits per heavy atom. The van der Waals surface area contributed by atoms with E-state index in [1.54, 1.807) is 11.3 Å². The Morgan fingerprint density at radius 2 is 2.50 bits per heavy atom. The van der Waals surface area contributed by atoms with Gasteiger partial charge in [-0.3, -0.25) is 4.90 Å². The smallest absolute Gasteiger partial charge is 0.0245 e. The van der Waals surface area contributed by atoms with Crippen LogP contribution in [0.5, 0.6) is 0 Å². The van der Waals surface area contributed by atoms with Crippen LogP contribution in [0.4, 0.5) is 0 Å². The molecule has 0 fully saturated rings. The molecular formula is C12H17NS. The van der Waals surface area contributed by atoms with Gasteiger partial charge in [-0.05, 0) is 34.7 Å². The number of hydrogen-bond acceptors (Lipinski definition) is 2. The van der Waals surface area contributed by atoms with Crippen molar-refractivity contribution in [2.24, 2.45) is 5.92 Å². The summed E-state index contributed by atoms with van der Waals surface area (Å²) in [6, 6.07) is 2.23. The second-order valence-electron chi connectivity index (χ2n) is 3.92. The average molecular weight is 207 g/mol. The summed E-state index contributed by atoms with van der Waals surface area (Å²) in [4.78, 5) is 2.52. The van der Waals surface area contributed by atoms with E-state index in [0.717, 1.165) is 19.0 Å². The molecule has 0 aromatic carbocycles. The molecule has 1 aliphatic heterocycles. The average Bonchev–Trinajstić information content (AvgIpc) is 2.71. The van der Waals surface area contributed by atoms with Gasteiger partial charge in [0.05, 0.1) is 0 Å². The fourth-order valence-electron chi connectivity index (χ4n) is 1.90. The number of rotatable bonds is 3. The van der Waals surface area contributed by atoms with Gasteiger partial charge in [0.25, 0.3) is 0 Å². The van der Waals surface area contributed by atoms with Gasteiger partial charge in [-0.15, -0.1) is 0 Å². The van der Waals surface area contributed by atoms with Crippen molar-refractivity contribution in [2.75, 3.05) is 13.1 Å². The molecule has 1 atom stereocenters. The van der Waals surface area contributed by atoms with Crippen molar-refractivity contribution in [3.63, 3.8) is 0 Å². The number of hydrogen-bond donors (Lipinski definition) is 0. The van der Waals surface area contributed by atoms with E-state index < -0.39 is 0 Å². The van der Waals surface area contributed by atoms with Crippen molar-refractivity contribution in [3.05, 3.63) is 34.5 Å². The molecule has 2 heteroatoms. The van der Waals surface area contributed by atoms with E-state index in [4.69, 9.17) is 0 Å². The van der Waals surface area contributed by atoms with Crippen LogP contribution in [0.3, 0.4) is 0 Å². The van der Waals surface area contributed by atoms with Crippen molar-refractivity contribution in [2.45, 2.75) is 19.9 Å². The van der Waals surface area contributed by atoms with Gasteiger partial charge in [-0.2, -0.15) is 11.3 Å². The summed E-state index contributed by atoms with van der Waals surface area (Å²) in [7, 11) is 0. The van der Waals surface area contributed by atoms with Crippen LogP contribution in [0.25, 0.3) is 0 Å². The number of nitrogens with zero attached hydrogens (tertiary/aromatic N) is 1. The minimum absolute atomic E-state index is 0.766. The lowest BCUT2D eigenvalue weighted by Crippen LogP contribution is -2.31. The van der Waals surface area contributed by atoms with E-state index >= 15 is 0 Å². The van der Waals surface area contributed by atoms with Gasteiger partial charge in [-0.25, -0.2) is 0 Å². The molecule has 0 bridgehead atoms. The molecule has 1 aromatic rings. The standard InChI is InChI=1S/C12H17NS/c1-2-11-4-3-6-13(8-11)9-12-5-7-14-10-12/h3-5,7,10-11H,2,6,8-9H2,1H3. The summed E-state index contributed by atoms with van der Waals surface area (Å²) < 4.78 is 0. The highest BCUT2D eigenvalue weighted by molar-refractivity contribution is 7.07. The molecular weight excluding hydrogens is 190 g/mol. The summed E-state index contributed by atoms with van der Waals surface area (Å²) in [6.45, 7) is 5.72. The Hall–Kier alpha value is -0.600. The second-order valence-corrected chi connectivity index (χ2v) is 4.70. The summed E-state index contributed by atoms with van der Waals surface area (Å²) in [5.74, 6) is 0.766. The molecule has 1 unspecified atom stereocenters. The van der Waals surface area contributed by atoms with Crippen molar-refractivity contribution in [1.29, 1.82) is 0 Å². The zero-order valence-electron chi connectivity index (χ0n) is 8.65. The largest absolute Gasteiger partial charge is 0.295 e. The molecule has 2 heterocycles. The SMILES string of the molecule is CCC1C=CCN(Cc2ccsc2)C1. The predicted octanol–water partition coefficient (Wildman–Crippen LogP) is 3.15. The van der Waals surface area contributed by atoms with E-state index in [1.807, 2.05) is 0 Å². The van der Waals surface area contributed by atoms with Gasteiger partial charge in [0.2, 0.25) is 0 Å². The molecule has 0 spiro atoms. The topological polar surface area (TPSA) is 3.24 Å². The lowest BCUT2D eigenvalue weighted by atomic mass is 10.0. The molecule has 0 saturated carbocycles. The second kappa shape index (κ2) is 4.76. The molecule has 1 aliphatic rings. The predicted molar refractivity (Wildman–Crippen MR) is 62.5 cm³/mol. The minimum Gasteiger partial charge on any atom is -0.295 e. The molecule has 0 amide bonds. The van der Waals surface area contributed by atoms with Gasteiger partial charge in [0.15, 0.2) is 0 Å². The zero-order chi connectivity index (χ0) is 9.80. The van der Waals surface area contributed by atoms with E-state index in [1.165, 1.54) is 18.5 Å². The third kappa shape index (κ3) is 2.46. The van der Waals surface area contributed by atoms with Gasteiger partial charge < -0.3 is 0 Å². The third-order valence-electron chi connectivity index (χ3n) is 2.78. The summed E-state index contributed by atoms with van der Waals surface area (Å²) in [6.07, 6.45) is 5.94. The summed E-state index contributed by atoms with van der Waals surface area (Å²) in [5, 5.41) is 4.41. The Morgan fingerprint density at radius 3 is 3.21 bits per heavy atom. The first-order valence-electron chi connectivity index (χ1n) is 5.28. The van der Waals surface area contributed by atoms with Gasteiger partial charge in [0.1, 0.15) is 0 Å². The van der Waals surface area contributed by atoms with E-state index in [9.17, 15) is 0 Å². The Kier molecular flexibility index (Phi) is 3.38. The highest BCUT2D eigenvalue weighted by atomic mass is 32.1. The van der Waals surface area contributed by atoms with Crippen molar-refractivity contribution >= 4 is 11.3 Å². The first kappa shape index (κ1) is 9.94. The van der Waals surface area contributed by atoms with Crippen LogP contribution in [0.15, 0.2) is 29.0 Å². The van der Waals surface area contributed by atoms with Crippen molar-refractivity contribution < 1.29 is 0 Å². The zero-order valence-corrected chi connectivity index (χ0v) is 9.46. The first-order chi connectivity index (χ1) is 6.88. The van der Waals surface area contributed by atoms with E-state index in [2.05, 4.69) is 40.8 Å². The molecule has 0 radical (unpaired) electrons. The molecule has 0 aliphatic carbocycles. The van der Waals surface area contributed by atoms with Gasteiger partial charge in [0, 0.05) is 19.6 Å². The van der Waals surface area contributed by atoms with Crippen LogP contribution in [0.2, 0.25) is 0 Å². The Labute approximate surface area is 90.1 Å². The van der Waals surface area contributed by atoms with Gasteiger partial charge >= 0.3 is 0 Å². The lowest BCUT2D eigenvalue weighted by molar-refractivity contribution is 0.249. The number of thiophene rings is 1. The normalized spacial score (nSPS) is 22.8. The Bertz CT molecular complexity index is 289. The first-order valence-corrected chi connectivity index (χ1v) is 6.23. The summed E-state index contributed by atoms with van der Waals surface area (Å²) >= 11 is 1.79. The quantitative estimate of drug-likeness (QED) is 0.688. The fourth-order valence-corrected chi connectivity index (χ4v) is 2.56. The fraction of sp³-hybridized carbons (Fsp3) is 0.500. The lowest BCUT2D eigenvalue weighted by Gasteiger charge is -2.27. The van der Waals surface area contributed by atoms with Crippen LogP contribution in [0, 0.1) is 5.92 Å². The van der Waals surface area contributed by atoms with Gasteiger partial charge in [-0.1, -0.05) is 19.1 Å². The minimum atomic E-state index is 0.766. The molecule has 0 saturated heterocycles. The monoisotopic (exact) mass is 207 g/mol. The summed E-state index contributed by atoms with van der Waals surface area (Å²) in [5.41, 5.74) is 1.46. The molecule has 14 heavy (non-hydrogen) atoms. The maximum absolute atomic E-state index is 2.52. The van der Waals surface area contributed by atoms with Crippen molar-refractivity contribution in [1.82, 2.24) is 4.90 Å². The molecule has 1 aromatic heterocycles. The molecule has 0 N–H and O–H groups in total. The molecule has 1 nitrogen and oxygen atoms in total. The van der Waals surface area contributed by atoms with Crippen LogP contribution in [-0.4, -0.2) is 18.0 Å². The highest BCUT2D eigenvalue weighted by Gasteiger charge is 2.13. The van der Waals surface area contributed by atoms with E-state index in [0.29, 0.717) is 0 Å². The maximum Gasteiger partial charge on any atom is 0.0245 e. The molecule has 76 valence electrons. The highest BCUT2D eigenvalue weighted by Crippen LogP contribution is 2.16. The Balaban J connectivity index is 1.91. The van der Waals surface area contributed by atoms with Crippen LogP contribution >= 0.6 is 11.3 Å². The van der Waals surface area contributed by atoms with Crippen LogP contribution in [0.1, 0.15) is 18.9 Å².